The van der Waals surface area contributed by atoms with E-state index in [0.717, 1.165) is 0 Å². The van der Waals surface area contributed by atoms with Gasteiger partial charge in [-0.15, -0.1) is 0 Å². The number of nitrogens with two attached hydrogens (primary N) is 1. The molecule has 0 saturated carbocycles. The van der Waals surface area contributed by atoms with Gasteiger partial charge in [0, 0.05) is 23.6 Å². The Balaban J connectivity index is 3.62. The summed E-state index contributed by atoms with van der Waals surface area (Å²) in [6.45, 7) is 8.25. The highest BCUT2D eigenvalue weighted by molar-refractivity contribution is 5.42. The maximum absolute atomic E-state index is 11.3. The van der Waals surface area contributed by atoms with Crippen LogP contribution in [-0.4, -0.2) is 15.4 Å². The molecule has 0 aromatic heterocycles. The van der Waals surface area contributed by atoms with E-state index < -0.39 is 26.7 Å². The molecule has 19 heavy (non-hydrogen) atoms. The normalized spacial score (nSPS) is 28.1. The second kappa shape index (κ2) is 4.32. The Labute approximate surface area is 111 Å². The van der Waals surface area contributed by atoms with Crippen molar-refractivity contribution in [2.24, 2.45) is 17.1 Å². The molecule has 0 amide bonds. The van der Waals surface area contributed by atoms with Crippen molar-refractivity contribution < 1.29 is 9.85 Å². The van der Waals surface area contributed by atoms with Gasteiger partial charge in [-0.2, -0.15) is 0 Å². The molecule has 0 aromatic rings. The van der Waals surface area contributed by atoms with E-state index in [0.29, 0.717) is 5.57 Å². The van der Waals surface area contributed by atoms with Crippen LogP contribution in [0.2, 0.25) is 0 Å². The summed E-state index contributed by atoms with van der Waals surface area (Å²) in [5.41, 5.74) is 4.10. The average Bonchev–Trinajstić information content (AvgIpc) is 2.20. The Hall–Kier alpha value is -1.92. The largest absolute Gasteiger partial charge is 0.398 e. The van der Waals surface area contributed by atoms with Gasteiger partial charge in [0.2, 0.25) is 0 Å². The minimum absolute atomic E-state index is 0.122. The van der Waals surface area contributed by atoms with Crippen LogP contribution in [0.15, 0.2) is 23.0 Å². The van der Waals surface area contributed by atoms with Gasteiger partial charge in [0.25, 0.3) is 11.2 Å². The molecule has 0 bridgehead atoms. The maximum Gasteiger partial charge on any atom is 0.262 e. The predicted octanol–water partition coefficient (Wildman–Crippen LogP) is 2.09. The van der Waals surface area contributed by atoms with Crippen LogP contribution >= 0.6 is 0 Å². The van der Waals surface area contributed by atoms with Crippen LogP contribution in [0.3, 0.4) is 0 Å². The van der Waals surface area contributed by atoms with Crippen molar-refractivity contribution in [2.45, 2.75) is 40.2 Å². The number of nitrogens with zero attached hydrogens (tertiary/aromatic N) is 2. The summed E-state index contributed by atoms with van der Waals surface area (Å²) in [6.07, 6.45) is 1.32. The molecule has 0 heterocycles. The Morgan fingerprint density at radius 1 is 1.32 bits per heavy atom. The Kier molecular flexibility index (Phi) is 3.45. The van der Waals surface area contributed by atoms with Crippen LogP contribution in [0.5, 0.6) is 0 Å². The zero-order chi connectivity index (χ0) is 15.2. The van der Waals surface area contributed by atoms with Crippen molar-refractivity contribution in [1.29, 1.82) is 0 Å². The highest BCUT2D eigenvalue weighted by Crippen LogP contribution is 2.43. The smallest absolute Gasteiger partial charge is 0.262 e. The highest BCUT2D eigenvalue weighted by atomic mass is 16.6. The number of allylic oxidation sites excluding steroid dienone is 1. The van der Waals surface area contributed by atoms with E-state index in [-0.39, 0.29) is 11.4 Å². The standard InChI is InChI=1S/C12H19N3O4/c1-7-10(14(16)17)9(11(2,3)4)8(13)6-12(7,5)15(18)19/h6-7H,13H2,1-5H3. The van der Waals surface area contributed by atoms with Crippen LogP contribution in [0.25, 0.3) is 0 Å². The molecule has 106 valence electrons. The summed E-state index contributed by atoms with van der Waals surface area (Å²) in [5.74, 6) is -0.848. The number of hydrogen-bond acceptors (Lipinski definition) is 5. The number of nitro groups is 2. The lowest BCUT2D eigenvalue weighted by Crippen LogP contribution is -2.46. The molecule has 2 unspecified atom stereocenters. The van der Waals surface area contributed by atoms with Crippen molar-refractivity contribution in [2.75, 3.05) is 0 Å². The SMILES string of the molecule is CC1C([N+](=O)[O-])=C(C(C)(C)C)C(N)=CC1(C)[N+](=O)[O-]. The minimum Gasteiger partial charge on any atom is -0.398 e. The van der Waals surface area contributed by atoms with Gasteiger partial charge in [-0.3, -0.25) is 20.2 Å². The van der Waals surface area contributed by atoms with Crippen LogP contribution in [0.1, 0.15) is 34.6 Å². The fraction of sp³-hybridized carbons (Fsp3) is 0.667. The molecule has 1 aliphatic rings. The van der Waals surface area contributed by atoms with Crippen LogP contribution in [0.4, 0.5) is 0 Å². The van der Waals surface area contributed by atoms with Crippen LogP contribution < -0.4 is 5.73 Å². The maximum atomic E-state index is 11.3. The van der Waals surface area contributed by atoms with Gasteiger partial charge in [0.05, 0.1) is 10.5 Å². The van der Waals surface area contributed by atoms with Crippen molar-refractivity contribution in [3.8, 4) is 0 Å². The first-order valence-electron chi connectivity index (χ1n) is 5.95. The quantitative estimate of drug-likeness (QED) is 0.609. The summed E-state index contributed by atoms with van der Waals surface area (Å²) in [6, 6.07) is 0. The molecule has 2 N–H and O–H groups in total. The molecule has 0 radical (unpaired) electrons. The van der Waals surface area contributed by atoms with Gasteiger partial charge in [-0.05, 0) is 12.3 Å². The van der Waals surface area contributed by atoms with Crippen molar-refractivity contribution in [1.82, 2.24) is 0 Å². The third kappa shape index (κ3) is 2.32. The third-order valence-electron chi connectivity index (χ3n) is 3.62. The van der Waals surface area contributed by atoms with E-state index in [9.17, 15) is 20.2 Å². The summed E-state index contributed by atoms with van der Waals surface area (Å²) in [5, 5.41) is 22.5. The molecular formula is C12H19N3O4. The summed E-state index contributed by atoms with van der Waals surface area (Å²) in [7, 11) is 0. The molecular weight excluding hydrogens is 250 g/mol. The first-order chi connectivity index (χ1) is 8.43. The van der Waals surface area contributed by atoms with Crippen LogP contribution in [-0.2, 0) is 0 Å². The molecule has 1 rings (SSSR count). The molecule has 2 atom stereocenters. The summed E-state index contributed by atoms with van der Waals surface area (Å²) < 4.78 is 0. The Bertz CT molecular complexity index is 502. The second-order valence-electron chi connectivity index (χ2n) is 6.07. The fourth-order valence-electron chi connectivity index (χ4n) is 2.43. The Morgan fingerprint density at radius 2 is 1.79 bits per heavy atom. The average molecular weight is 269 g/mol. The fourth-order valence-corrected chi connectivity index (χ4v) is 2.43. The lowest BCUT2D eigenvalue weighted by atomic mass is 9.71. The first-order valence-corrected chi connectivity index (χ1v) is 5.95. The molecule has 1 aliphatic carbocycles. The van der Waals surface area contributed by atoms with Gasteiger partial charge in [0.1, 0.15) is 5.92 Å². The van der Waals surface area contributed by atoms with Gasteiger partial charge < -0.3 is 5.73 Å². The minimum atomic E-state index is -1.55. The van der Waals surface area contributed by atoms with E-state index in [1.807, 2.05) is 0 Å². The van der Waals surface area contributed by atoms with Crippen LogP contribution in [0, 0.1) is 31.6 Å². The Morgan fingerprint density at radius 3 is 2.11 bits per heavy atom. The molecule has 0 fully saturated rings. The summed E-state index contributed by atoms with van der Waals surface area (Å²) in [4.78, 5) is 21.5. The summed E-state index contributed by atoms with van der Waals surface area (Å²) >= 11 is 0. The lowest BCUT2D eigenvalue weighted by molar-refractivity contribution is -0.567. The molecule has 0 spiro atoms. The second-order valence-corrected chi connectivity index (χ2v) is 6.07. The van der Waals surface area contributed by atoms with Crippen molar-refractivity contribution >= 4 is 0 Å². The van der Waals surface area contributed by atoms with E-state index in [4.69, 9.17) is 5.73 Å². The van der Waals surface area contributed by atoms with Gasteiger partial charge in [0.15, 0.2) is 0 Å². The molecule has 0 aromatic carbocycles. The zero-order valence-electron chi connectivity index (χ0n) is 11.8. The zero-order valence-corrected chi connectivity index (χ0v) is 11.8. The molecule has 0 aliphatic heterocycles. The van der Waals surface area contributed by atoms with Crippen molar-refractivity contribution in [3.63, 3.8) is 0 Å². The van der Waals surface area contributed by atoms with E-state index in [1.54, 1.807) is 20.8 Å². The molecule has 7 heteroatoms. The van der Waals surface area contributed by atoms with E-state index in [1.165, 1.54) is 19.9 Å². The van der Waals surface area contributed by atoms with E-state index in [2.05, 4.69) is 0 Å². The number of rotatable bonds is 2. The first kappa shape index (κ1) is 15.1. The van der Waals surface area contributed by atoms with E-state index >= 15 is 0 Å². The topological polar surface area (TPSA) is 112 Å². The third-order valence-corrected chi connectivity index (χ3v) is 3.62. The van der Waals surface area contributed by atoms with Gasteiger partial charge in [-0.1, -0.05) is 20.8 Å². The van der Waals surface area contributed by atoms with Gasteiger partial charge >= 0.3 is 0 Å². The molecule has 0 saturated heterocycles. The number of hydrogen-bond donors (Lipinski definition) is 1. The lowest BCUT2D eigenvalue weighted by Gasteiger charge is -2.33. The van der Waals surface area contributed by atoms with Crippen molar-refractivity contribution in [3.05, 3.63) is 43.3 Å². The predicted molar refractivity (Wildman–Crippen MR) is 70.3 cm³/mol. The highest BCUT2D eigenvalue weighted by Gasteiger charge is 2.53. The monoisotopic (exact) mass is 269 g/mol. The van der Waals surface area contributed by atoms with Gasteiger partial charge in [-0.25, -0.2) is 0 Å². The molecule has 7 nitrogen and oxygen atoms in total.